The first kappa shape index (κ1) is 22.2. The van der Waals surface area contributed by atoms with Gasteiger partial charge in [-0.2, -0.15) is 0 Å². The predicted octanol–water partition coefficient (Wildman–Crippen LogP) is 4.38. The van der Waals surface area contributed by atoms with E-state index >= 15 is 0 Å². The Hall–Kier alpha value is -2.05. The van der Waals surface area contributed by atoms with Crippen LogP contribution >= 0.6 is 11.6 Å². The Bertz CT molecular complexity index is 960. The summed E-state index contributed by atoms with van der Waals surface area (Å²) >= 11 is 6.04. The Balaban J connectivity index is 2.33. The molecule has 0 aliphatic rings. The zero-order valence-electron chi connectivity index (χ0n) is 16.9. The van der Waals surface area contributed by atoms with Gasteiger partial charge in [-0.25, -0.2) is 8.42 Å². The van der Waals surface area contributed by atoms with Crippen molar-refractivity contribution in [2.45, 2.75) is 46.2 Å². The Labute approximate surface area is 172 Å². The maximum Gasteiger partial charge on any atom is 0.244 e. The molecule has 0 aromatic heterocycles. The molecule has 0 unspecified atom stereocenters. The molecule has 0 heterocycles. The number of aryl methyl sites for hydroxylation is 2. The van der Waals surface area contributed by atoms with E-state index in [0.29, 0.717) is 17.1 Å². The van der Waals surface area contributed by atoms with Gasteiger partial charge in [0.15, 0.2) is 0 Å². The Morgan fingerprint density at radius 3 is 2.39 bits per heavy atom. The second kappa shape index (κ2) is 8.97. The van der Waals surface area contributed by atoms with Crippen LogP contribution in [0.25, 0.3) is 0 Å². The first-order valence-electron chi connectivity index (χ1n) is 9.17. The summed E-state index contributed by atoms with van der Waals surface area (Å²) in [5, 5.41) is 3.37. The highest BCUT2D eigenvalue weighted by Gasteiger charge is 2.32. The fraction of sp³-hybridized carbons (Fsp3) is 0.381. The summed E-state index contributed by atoms with van der Waals surface area (Å²) in [6, 6.07) is 11.4. The molecule has 0 bridgehead atoms. The number of nitrogens with one attached hydrogen (secondary N) is 1. The molecule has 0 saturated carbocycles. The van der Waals surface area contributed by atoms with Crippen LogP contribution in [0.15, 0.2) is 42.5 Å². The van der Waals surface area contributed by atoms with Crippen LogP contribution in [0, 0.1) is 13.8 Å². The molecule has 0 fully saturated rings. The van der Waals surface area contributed by atoms with E-state index < -0.39 is 16.1 Å². The molecule has 2 rings (SSSR count). The molecule has 28 heavy (non-hydrogen) atoms. The van der Waals surface area contributed by atoms with Crippen molar-refractivity contribution in [3.05, 3.63) is 64.2 Å². The van der Waals surface area contributed by atoms with Gasteiger partial charge in [0.25, 0.3) is 0 Å². The molecular formula is C21H27ClN2O3S. The average molecular weight is 423 g/mol. The second-order valence-electron chi connectivity index (χ2n) is 7.05. The van der Waals surface area contributed by atoms with Gasteiger partial charge in [0.05, 0.1) is 18.0 Å². The van der Waals surface area contributed by atoms with Crippen molar-refractivity contribution in [3.63, 3.8) is 0 Å². The van der Waals surface area contributed by atoms with E-state index in [1.54, 1.807) is 31.2 Å². The molecule has 2 atom stereocenters. The summed E-state index contributed by atoms with van der Waals surface area (Å²) in [7, 11) is -3.69. The largest absolute Gasteiger partial charge is 0.348 e. The maximum atomic E-state index is 13.0. The van der Waals surface area contributed by atoms with Gasteiger partial charge in [-0.15, -0.1) is 0 Å². The number of amides is 1. The van der Waals surface area contributed by atoms with Crippen LogP contribution in [0.5, 0.6) is 0 Å². The summed E-state index contributed by atoms with van der Waals surface area (Å²) in [4.78, 5) is 13.0. The highest BCUT2D eigenvalue weighted by Crippen LogP contribution is 2.26. The normalized spacial score (nSPS) is 13.6. The third-order valence-corrected chi connectivity index (χ3v) is 6.06. The summed E-state index contributed by atoms with van der Waals surface area (Å²) in [5.74, 6) is -0.347. The van der Waals surface area contributed by atoms with Crippen LogP contribution in [0.2, 0.25) is 5.02 Å². The zero-order chi connectivity index (χ0) is 21.1. The van der Waals surface area contributed by atoms with Gasteiger partial charge >= 0.3 is 0 Å². The number of carbonyl (C=O) groups is 1. The molecule has 0 saturated heterocycles. The molecule has 1 amide bonds. The van der Waals surface area contributed by atoms with Gasteiger partial charge in [-0.3, -0.25) is 9.10 Å². The van der Waals surface area contributed by atoms with Crippen molar-refractivity contribution in [1.82, 2.24) is 5.32 Å². The molecule has 152 valence electrons. The molecule has 0 spiro atoms. The Kier molecular flexibility index (Phi) is 7.12. The van der Waals surface area contributed by atoms with E-state index in [1.165, 1.54) is 0 Å². The first-order chi connectivity index (χ1) is 13.0. The van der Waals surface area contributed by atoms with Crippen molar-refractivity contribution in [1.29, 1.82) is 0 Å². The Morgan fingerprint density at radius 2 is 1.86 bits per heavy atom. The fourth-order valence-electron chi connectivity index (χ4n) is 3.37. The summed E-state index contributed by atoms with van der Waals surface area (Å²) < 4.78 is 26.1. The number of hydrogen-bond acceptors (Lipinski definition) is 3. The van der Waals surface area contributed by atoms with Crippen LogP contribution in [-0.2, 0) is 14.8 Å². The van der Waals surface area contributed by atoms with E-state index in [-0.39, 0.29) is 11.9 Å². The summed E-state index contributed by atoms with van der Waals surface area (Å²) in [5.41, 5.74) is 3.60. The Morgan fingerprint density at radius 1 is 1.18 bits per heavy atom. The van der Waals surface area contributed by atoms with E-state index in [1.807, 2.05) is 32.9 Å². The van der Waals surface area contributed by atoms with E-state index in [9.17, 15) is 13.2 Å². The molecule has 1 N–H and O–H groups in total. The number of nitrogens with zero attached hydrogens (tertiary/aromatic N) is 1. The van der Waals surface area contributed by atoms with Crippen LogP contribution in [0.3, 0.4) is 0 Å². The van der Waals surface area contributed by atoms with Crippen LogP contribution < -0.4 is 9.62 Å². The average Bonchev–Trinajstić information content (AvgIpc) is 2.57. The zero-order valence-corrected chi connectivity index (χ0v) is 18.4. The molecule has 7 heteroatoms. The number of carbonyl (C=O) groups excluding carboxylic acids is 1. The van der Waals surface area contributed by atoms with Gasteiger partial charge in [-0.1, -0.05) is 48.4 Å². The van der Waals surface area contributed by atoms with Gasteiger partial charge in [0.2, 0.25) is 15.9 Å². The number of sulfonamides is 1. The number of hydrogen-bond donors (Lipinski definition) is 1. The lowest BCUT2D eigenvalue weighted by atomic mass is 10.00. The van der Waals surface area contributed by atoms with Crippen molar-refractivity contribution in [3.8, 4) is 0 Å². The molecule has 0 radical (unpaired) electrons. The van der Waals surface area contributed by atoms with Crippen molar-refractivity contribution < 1.29 is 13.2 Å². The lowest BCUT2D eigenvalue weighted by molar-refractivity contribution is -0.122. The van der Waals surface area contributed by atoms with Gasteiger partial charge < -0.3 is 5.32 Å². The maximum absolute atomic E-state index is 13.0. The standard InChI is InChI=1S/C21H27ClN2O3S/c1-6-20(24(28(5,26)27)18-9-7-8-17(22)13-18)21(25)23-16(4)19-11-10-14(2)12-15(19)3/h7-13,16,20H,6H2,1-5H3,(H,23,25)/t16-,20+/m1/s1. The van der Waals surface area contributed by atoms with Crippen molar-refractivity contribution >= 4 is 33.2 Å². The fourth-order valence-corrected chi connectivity index (χ4v) is 4.76. The van der Waals surface area contributed by atoms with E-state index in [2.05, 4.69) is 11.4 Å². The van der Waals surface area contributed by atoms with Crippen molar-refractivity contribution in [2.75, 3.05) is 10.6 Å². The molecular weight excluding hydrogens is 396 g/mol. The topological polar surface area (TPSA) is 66.5 Å². The quantitative estimate of drug-likeness (QED) is 0.720. The first-order valence-corrected chi connectivity index (χ1v) is 11.4. The highest BCUT2D eigenvalue weighted by atomic mass is 35.5. The monoisotopic (exact) mass is 422 g/mol. The van der Waals surface area contributed by atoms with Crippen LogP contribution in [-0.4, -0.2) is 26.6 Å². The highest BCUT2D eigenvalue weighted by molar-refractivity contribution is 7.92. The predicted molar refractivity (Wildman–Crippen MR) is 115 cm³/mol. The van der Waals surface area contributed by atoms with Gasteiger partial charge in [0.1, 0.15) is 6.04 Å². The second-order valence-corrected chi connectivity index (χ2v) is 9.35. The minimum Gasteiger partial charge on any atom is -0.348 e. The third-order valence-electron chi connectivity index (χ3n) is 4.64. The molecule has 0 aliphatic heterocycles. The lowest BCUT2D eigenvalue weighted by Crippen LogP contribution is -2.49. The van der Waals surface area contributed by atoms with Crippen LogP contribution in [0.4, 0.5) is 5.69 Å². The lowest BCUT2D eigenvalue weighted by Gasteiger charge is -2.31. The molecule has 0 aliphatic carbocycles. The third kappa shape index (κ3) is 5.26. The molecule has 2 aromatic rings. The smallest absolute Gasteiger partial charge is 0.244 e. The number of halogens is 1. The van der Waals surface area contributed by atoms with Crippen molar-refractivity contribution in [2.24, 2.45) is 0 Å². The molecule has 5 nitrogen and oxygen atoms in total. The van der Waals surface area contributed by atoms with E-state index in [0.717, 1.165) is 27.3 Å². The van der Waals surface area contributed by atoms with E-state index in [4.69, 9.17) is 11.6 Å². The summed E-state index contributed by atoms with van der Waals surface area (Å²) in [6.45, 7) is 7.69. The minimum atomic E-state index is -3.69. The summed E-state index contributed by atoms with van der Waals surface area (Å²) in [6.07, 6.45) is 1.42. The van der Waals surface area contributed by atoms with Gasteiger partial charge in [0, 0.05) is 5.02 Å². The minimum absolute atomic E-state index is 0.247. The van der Waals surface area contributed by atoms with Crippen LogP contribution in [0.1, 0.15) is 43.0 Å². The van der Waals surface area contributed by atoms with Gasteiger partial charge in [-0.05, 0) is 56.5 Å². The number of benzene rings is 2. The number of rotatable bonds is 7. The number of anilines is 1. The SMILES string of the molecule is CC[C@@H](C(=O)N[C@H](C)c1ccc(C)cc1C)N(c1cccc(Cl)c1)S(C)(=O)=O. The molecule has 2 aromatic carbocycles.